The lowest BCUT2D eigenvalue weighted by atomic mass is 9.90. The van der Waals surface area contributed by atoms with Crippen LogP contribution in [0.2, 0.25) is 0 Å². The summed E-state index contributed by atoms with van der Waals surface area (Å²) >= 11 is 0. The molecule has 0 amide bonds. The van der Waals surface area contributed by atoms with E-state index in [2.05, 4.69) is 0 Å². The second kappa shape index (κ2) is 9.34. The molecule has 0 saturated carbocycles. The number of benzene rings is 3. The molecular formula is C23H17F4NO5S. The molecule has 0 radical (unpaired) electrons. The summed E-state index contributed by atoms with van der Waals surface area (Å²) in [5, 5.41) is 7.80. The number of nitrogens with zero attached hydrogens (tertiary/aromatic N) is 1. The molecule has 3 aromatic carbocycles. The molecule has 0 N–H and O–H groups in total. The second-order valence-corrected chi connectivity index (χ2v) is 9.40. The first-order valence-electron chi connectivity index (χ1n) is 9.77. The molecule has 0 aliphatic carbocycles. The summed E-state index contributed by atoms with van der Waals surface area (Å²) in [5.41, 5.74) is -1.45. The normalized spacial score (nSPS) is 14.7. The highest BCUT2D eigenvalue weighted by atomic mass is 32.2. The van der Waals surface area contributed by atoms with Crippen LogP contribution in [0.1, 0.15) is 33.8 Å². The van der Waals surface area contributed by atoms with Crippen LogP contribution in [0.5, 0.6) is 0 Å². The van der Waals surface area contributed by atoms with Crippen LogP contribution in [0, 0.1) is 10.1 Å². The fourth-order valence-corrected chi connectivity index (χ4v) is 5.10. The van der Waals surface area contributed by atoms with Crippen LogP contribution in [0.4, 0.5) is 17.6 Å². The molecule has 178 valence electrons. The van der Waals surface area contributed by atoms with Crippen LogP contribution in [0.15, 0.2) is 89.8 Å². The van der Waals surface area contributed by atoms with Gasteiger partial charge >= 0.3 is 11.3 Å². The van der Waals surface area contributed by atoms with Crippen molar-refractivity contribution in [3.8, 4) is 0 Å². The standard InChI is InChI=1S/C23H17F4NO5S/c24-22(25,26)18-13-11-17(12-14-18)21(29)15-20(16-7-3-1-4-8-16)23(27,28(30)31)34(32,33)19-9-5-2-6-10-19/h1-14,20H,15H2/t20-,23+/m1/s1. The maximum Gasteiger partial charge on any atom is 0.469 e. The first-order valence-corrected chi connectivity index (χ1v) is 11.3. The molecule has 0 aliphatic rings. The van der Waals surface area contributed by atoms with E-state index in [4.69, 9.17) is 0 Å². The Kier molecular flexibility index (Phi) is 6.87. The van der Waals surface area contributed by atoms with Gasteiger partial charge in [0.25, 0.3) is 9.84 Å². The van der Waals surface area contributed by atoms with Gasteiger partial charge in [0.1, 0.15) is 5.92 Å². The SMILES string of the molecule is O=C(C[C@H](c1ccccc1)[C@](F)([N+](=O)[O-])S(=O)(=O)c1ccccc1)c1ccc(C(F)(F)F)cc1. The van der Waals surface area contributed by atoms with Crippen LogP contribution in [-0.2, 0) is 16.0 Å². The maximum absolute atomic E-state index is 16.2. The van der Waals surface area contributed by atoms with Crippen LogP contribution in [0.3, 0.4) is 0 Å². The van der Waals surface area contributed by atoms with E-state index in [0.717, 1.165) is 24.3 Å². The van der Waals surface area contributed by atoms with Crippen molar-refractivity contribution >= 4 is 15.6 Å². The van der Waals surface area contributed by atoms with Crippen molar-refractivity contribution in [2.45, 2.75) is 28.5 Å². The number of carbonyl (C=O) groups is 1. The van der Waals surface area contributed by atoms with Crippen molar-refractivity contribution in [1.82, 2.24) is 0 Å². The molecule has 0 aromatic heterocycles. The number of nitro groups is 1. The van der Waals surface area contributed by atoms with Gasteiger partial charge in [-0.25, -0.2) is 8.42 Å². The molecular weight excluding hydrogens is 478 g/mol. The molecule has 0 bridgehead atoms. The predicted octanol–water partition coefficient (Wildman–Crippen LogP) is 5.44. The maximum atomic E-state index is 16.2. The third-order valence-corrected chi connectivity index (χ3v) is 7.31. The Balaban J connectivity index is 2.10. The molecule has 11 heteroatoms. The van der Waals surface area contributed by atoms with E-state index in [1.807, 2.05) is 0 Å². The van der Waals surface area contributed by atoms with Gasteiger partial charge in [0.15, 0.2) is 5.78 Å². The van der Waals surface area contributed by atoms with E-state index in [1.54, 1.807) is 0 Å². The van der Waals surface area contributed by atoms with Crippen LogP contribution >= 0.6 is 0 Å². The number of halogens is 4. The third kappa shape index (κ3) is 4.69. The number of hydrogen-bond acceptors (Lipinski definition) is 5. The number of rotatable bonds is 8. The van der Waals surface area contributed by atoms with Crippen molar-refractivity contribution in [3.05, 3.63) is 112 Å². The Hall–Kier alpha value is -3.60. The van der Waals surface area contributed by atoms with Crippen LogP contribution < -0.4 is 0 Å². The molecule has 3 aromatic rings. The van der Waals surface area contributed by atoms with Gasteiger partial charge in [0.2, 0.25) is 0 Å². The fraction of sp³-hybridized carbons (Fsp3) is 0.174. The lowest BCUT2D eigenvalue weighted by Crippen LogP contribution is -2.48. The van der Waals surface area contributed by atoms with Gasteiger partial charge in [-0.05, 0) is 29.8 Å². The molecule has 0 spiro atoms. The van der Waals surface area contributed by atoms with Crippen molar-refractivity contribution in [3.63, 3.8) is 0 Å². The minimum Gasteiger partial charge on any atom is -0.294 e. The summed E-state index contributed by atoms with van der Waals surface area (Å²) in [7, 11) is -5.27. The number of hydrogen-bond donors (Lipinski definition) is 0. The number of ketones is 1. The van der Waals surface area contributed by atoms with Gasteiger partial charge in [0, 0.05) is 12.0 Å². The van der Waals surface area contributed by atoms with E-state index >= 15 is 4.39 Å². The Labute approximate surface area is 191 Å². The zero-order chi connectivity index (χ0) is 25.1. The number of Topliss-reactive ketones (excluding diaryl/α,β-unsaturated/α-hetero) is 1. The first kappa shape index (κ1) is 25.0. The Bertz CT molecular complexity index is 1280. The molecule has 2 atom stereocenters. The smallest absolute Gasteiger partial charge is 0.294 e. The molecule has 3 rings (SSSR count). The van der Waals surface area contributed by atoms with Gasteiger partial charge < -0.3 is 0 Å². The molecule has 0 heterocycles. The van der Waals surface area contributed by atoms with Gasteiger partial charge in [-0.1, -0.05) is 60.7 Å². The summed E-state index contributed by atoms with van der Waals surface area (Å²) in [6, 6.07) is 15.7. The van der Waals surface area contributed by atoms with Crippen molar-refractivity contribution in [1.29, 1.82) is 0 Å². The summed E-state index contributed by atoms with van der Waals surface area (Å²) < 4.78 is 80.9. The van der Waals surface area contributed by atoms with Gasteiger partial charge in [-0.2, -0.15) is 13.2 Å². The number of sulfone groups is 1. The van der Waals surface area contributed by atoms with E-state index < -0.39 is 54.6 Å². The quantitative estimate of drug-likeness (QED) is 0.136. The molecule has 0 unspecified atom stereocenters. The minimum absolute atomic E-state index is 0.138. The highest BCUT2D eigenvalue weighted by Gasteiger charge is 2.64. The molecule has 0 fully saturated rings. The molecule has 6 nitrogen and oxygen atoms in total. The molecule has 0 aliphatic heterocycles. The van der Waals surface area contributed by atoms with E-state index in [1.165, 1.54) is 48.5 Å². The minimum atomic E-state index is -5.27. The average molecular weight is 495 g/mol. The lowest BCUT2D eigenvalue weighted by molar-refractivity contribution is -0.578. The zero-order valence-corrected chi connectivity index (χ0v) is 18.1. The zero-order valence-electron chi connectivity index (χ0n) is 17.3. The Morgan fingerprint density at radius 3 is 1.82 bits per heavy atom. The van der Waals surface area contributed by atoms with Crippen molar-refractivity contribution in [2.24, 2.45) is 0 Å². The highest BCUT2D eigenvalue weighted by molar-refractivity contribution is 7.92. The summed E-state index contributed by atoms with van der Waals surface area (Å²) in [6.07, 6.45) is -5.64. The molecule has 0 saturated heterocycles. The van der Waals surface area contributed by atoms with Crippen molar-refractivity contribution < 1.29 is 35.7 Å². The molecule has 34 heavy (non-hydrogen) atoms. The predicted molar refractivity (Wildman–Crippen MR) is 114 cm³/mol. The largest absolute Gasteiger partial charge is 0.469 e. The number of carbonyl (C=O) groups excluding carboxylic acids is 1. The van der Waals surface area contributed by atoms with Crippen LogP contribution in [0.25, 0.3) is 0 Å². The van der Waals surface area contributed by atoms with Crippen molar-refractivity contribution in [2.75, 3.05) is 0 Å². The summed E-state index contributed by atoms with van der Waals surface area (Å²) in [6.45, 7) is 0. The monoisotopic (exact) mass is 495 g/mol. The number of alkyl halides is 4. The topological polar surface area (TPSA) is 94.3 Å². The van der Waals surface area contributed by atoms with E-state index in [9.17, 15) is 36.5 Å². The van der Waals surface area contributed by atoms with E-state index in [0.29, 0.717) is 12.1 Å². The average Bonchev–Trinajstić information content (AvgIpc) is 2.82. The third-order valence-electron chi connectivity index (χ3n) is 5.23. The highest BCUT2D eigenvalue weighted by Crippen LogP contribution is 2.43. The first-order chi connectivity index (χ1) is 15.9. The second-order valence-electron chi connectivity index (χ2n) is 7.35. The Morgan fingerprint density at radius 2 is 1.35 bits per heavy atom. The van der Waals surface area contributed by atoms with Gasteiger partial charge in [-0.15, -0.1) is 4.39 Å². The van der Waals surface area contributed by atoms with Crippen LogP contribution in [-0.4, -0.2) is 24.2 Å². The summed E-state index contributed by atoms with van der Waals surface area (Å²) in [4.78, 5) is 22.6. The Morgan fingerprint density at radius 1 is 0.853 bits per heavy atom. The lowest BCUT2D eigenvalue weighted by Gasteiger charge is -2.26. The van der Waals surface area contributed by atoms with E-state index in [-0.39, 0.29) is 11.1 Å². The van der Waals surface area contributed by atoms with Gasteiger partial charge in [0.05, 0.1) is 15.4 Å². The fourth-order valence-electron chi connectivity index (χ4n) is 3.46. The summed E-state index contributed by atoms with van der Waals surface area (Å²) in [5.74, 6) is -3.06. The van der Waals surface area contributed by atoms with Gasteiger partial charge in [-0.3, -0.25) is 14.9 Å².